The maximum absolute atomic E-state index is 12.1. The fraction of sp³-hybridized carbons (Fsp3) is 0.412. The maximum Gasteiger partial charge on any atom is 0.263 e. The minimum atomic E-state index is -0.462. The molecule has 1 rings (SSSR count). The SMILES string of the molecule is CCC(CO)N/C=C(/C#N)C(=O)NC(C)c1ccc(OC)cc1. The third kappa shape index (κ3) is 5.64. The van der Waals surface area contributed by atoms with Crippen LogP contribution in [0.3, 0.4) is 0 Å². The number of rotatable bonds is 8. The van der Waals surface area contributed by atoms with Crippen LogP contribution in [0.2, 0.25) is 0 Å². The molecular formula is C17H23N3O3. The van der Waals surface area contributed by atoms with Gasteiger partial charge in [-0.05, 0) is 31.0 Å². The van der Waals surface area contributed by atoms with Gasteiger partial charge in [-0.2, -0.15) is 5.26 Å². The van der Waals surface area contributed by atoms with Crippen molar-refractivity contribution in [1.29, 1.82) is 5.26 Å². The van der Waals surface area contributed by atoms with Gasteiger partial charge in [0.05, 0.1) is 19.8 Å². The van der Waals surface area contributed by atoms with Crippen molar-refractivity contribution in [2.75, 3.05) is 13.7 Å². The van der Waals surface area contributed by atoms with Crippen molar-refractivity contribution >= 4 is 5.91 Å². The highest BCUT2D eigenvalue weighted by molar-refractivity contribution is 5.97. The Balaban J connectivity index is 2.71. The molecular weight excluding hydrogens is 294 g/mol. The summed E-state index contributed by atoms with van der Waals surface area (Å²) in [6, 6.07) is 8.79. The molecule has 6 heteroatoms. The summed E-state index contributed by atoms with van der Waals surface area (Å²) in [5.74, 6) is 0.278. The van der Waals surface area contributed by atoms with Crippen LogP contribution in [0.4, 0.5) is 0 Å². The van der Waals surface area contributed by atoms with E-state index in [2.05, 4.69) is 10.6 Å². The number of nitriles is 1. The number of nitrogens with zero attached hydrogens (tertiary/aromatic N) is 1. The third-order valence-electron chi connectivity index (χ3n) is 3.51. The number of aliphatic hydroxyl groups is 1. The van der Waals surface area contributed by atoms with Crippen molar-refractivity contribution in [2.24, 2.45) is 0 Å². The molecule has 0 spiro atoms. The number of nitrogens with one attached hydrogen (secondary N) is 2. The summed E-state index contributed by atoms with van der Waals surface area (Å²) in [4.78, 5) is 12.1. The first-order chi connectivity index (χ1) is 11.0. The average Bonchev–Trinajstić information content (AvgIpc) is 2.58. The van der Waals surface area contributed by atoms with E-state index in [1.807, 2.05) is 44.2 Å². The number of hydrogen-bond donors (Lipinski definition) is 3. The van der Waals surface area contributed by atoms with E-state index in [9.17, 15) is 4.79 Å². The van der Waals surface area contributed by atoms with E-state index in [0.29, 0.717) is 6.42 Å². The van der Waals surface area contributed by atoms with Crippen molar-refractivity contribution in [3.8, 4) is 11.8 Å². The highest BCUT2D eigenvalue weighted by atomic mass is 16.5. The fourth-order valence-electron chi connectivity index (χ4n) is 1.90. The van der Waals surface area contributed by atoms with E-state index in [-0.39, 0.29) is 24.3 Å². The lowest BCUT2D eigenvalue weighted by Gasteiger charge is -2.15. The summed E-state index contributed by atoms with van der Waals surface area (Å²) in [6.45, 7) is 3.68. The lowest BCUT2D eigenvalue weighted by atomic mass is 10.1. The van der Waals surface area contributed by atoms with E-state index in [0.717, 1.165) is 11.3 Å². The van der Waals surface area contributed by atoms with Crippen LogP contribution in [0.15, 0.2) is 36.0 Å². The van der Waals surface area contributed by atoms with Crippen LogP contribution >= 0.6 is 0 Å². The summed E-state index contributed by atoms with van der Waals surface area (Å²) < 4.78 is 5.09. The minimum absolute atomic E-state index is 0.0303. The van der Waals surface area contributed by atoms with Gasteiger partial charge < -0.3 is 20.5 Å². The number of aliphatic hydroxyl groups excluding tert-OH is 1. The molecule has 0 heterocycles. The molecule has 0 aliphatic carbocycles. The molecule has 6 nitrogen and oxygen atoms in total. The molecule has 124 valence electrons. The van der Waals surface area contributed by atoms with Gasteiger partial charge in [-0.15, -0.1) is 0 Å². The van der Waals surface area contributed by atoms with Gasteiger partial charge in [-0.1, -0.05) is 19.1 Å². The van der Waals surface area contributed by atoms with Crippen LogP contribution in [0.1, 0.15) is 31.9 Å². The standard InChI is InChI=1S/C17H23N3O3/c1-4-15(11-21)19-10-14(9-18)17(22)20-12(2)13-5-7-16(23-3)8-6-13/h5-8,10,12,15,19,21H,4,11H2,1-3H3,(H,20,22)/b14-10-. The van der Waals surface area contributed by atoms with Crippen molar-refractivity contribution in [3.63, 3.8) is 0 Å². The largest absolute Gasteiger partial charge is 0.497 e. The number of hydrogen-bond acceptors (Lipinski definition) is 5. The lowest BCUT2D eigenvalue weighted by molar-refractivity contribution is -0.117. The molecule has 0 aromatic heterocycles. The third-order valence-corrected chi connectivity index (χ3v) is 3.51. The second-order valence-corrected chi connectivity index (χ2v) is 5.09. The molecule has 0 aliphatic heterocycles. The predicted molar refractivity (Wildman–Crippen MR) is 87.5 cm³/mol. The molecule has 0 saturated heterocycles. The van der Waals surface area contributed by atoms with Crippen LogP contribution in [-0.4, -0.2) is 30.8 Å². The number of ether oxygens (including phenoxy) is 1. The zero-order valence-electron chi connectivity index (χ0n) is 13.7. The van der Waals surface area contributed by atoms with Crippen molar-refractivity contribution in [1.82, 2.24) is 10.6 Å². The molecule has 23 heavy (non-hydrogen) atoms. The Morgan fingerprint density at radius 2 is 2.09 bits per heavy atom. The maximum atomic E-state index is 12.1. The van der Waals surface area contributed by atoms with Gasteiger partial charge in [-0.3, -0.25) is 4.79 Å². The van der Waals surface area contributed by atoms with E-state index in [1.165, 1.54) is 6.20 Å². The van der Waals surface area contributed by atoms with Crippen molar-refractivity contribution in [3.05, 3.63) is 41.6 Å². The summed E-state index contributed by atoms with van der Waals surface area (Å²) in [5, 5.41) is 23.8. The van der Waals surface area contributed by atoms with Crippen LogP contribution in [0.5, 0.6) is 5.75 Å². The number of methoxy groups -OCH3 is 1. The molecule has 0 fully saturated rings. The summed E-state index contributed by atoms with van der Waals surface area (Å²) >= 11 is 0. The summed E-state index contributed by atoms with van der Waals surface area (Å²) in [6.07, 6.45) is 2.04. The van der Waals surface area contributed by atoms with Gasteiger partial charge in [-0.25, -0.2) is 0 Å². The van der Waals surface area contributed by atoms with Gasteiger partial charge in [0, 0.05) is 12.2 Å². The molecule has 2 atom stereocenters. The Labute approximate surface area is 136 Å². The van der Waals surface area contributed by atoms with Gasteiger partial charge in [0.2, 0.25) is 0 Å². The Morgan fingerprint density at radius 1 is 1.43 bits per heavy atom. The van der Waals surface area contributed by atoms with Crippen molar-refractivity contribution < 1.29 is 14.6 Å². The Bertz CT molecular complexity index is 572. The van der Waals surface area contributed by atoms with Gasteiger partial charge in [0.15, 0.2) is 0 Å². The highest BCUT2D eigenvalue weighted by Crippen LogP contribution is 2.17. The van der Waals surface area contributed by atoms with Gasteiger partial charge >= 0.3 is 0 Å². The Hall–Kier alpha value is -2.52. The quantitative estimate of drug-likeness (QED) is 0.500. The van der Waals surface area contributed by atoms with E-state index >= 15 is 0 Å². The second-order valence-electron chi connectivity index (χ2n) is 5.09. The molecule has 2 unspecified atom stereocenters. The van der Waals surface area contributed by atoms with E-state index in [4.69, 9.17) is 15.1 Å². The Kier molecular flexibility index (Phi) is 7.64. The molecule has 0 aliphatic rings. The minimum Gasteiger partial charge on any atom is -0.497 e. The molecule has 3 N–H and O–H groups in total. The topological polar surface area (TPSA) is 94.4 Å². The monoisotopic (exact) mass is 317 g/mol. The zero-order chi connectivity index (χ0) is 17.2. The number of amides is 1. The van der Waals surface area contributed by atoms with Gasteiger partial charge in [0.1, 0.15) is 17.4 Å². The number of benzene rings is 1. The van der Waals surface area contributed by atoms with Crippen molar-refractivity contribution in [2.45, 2.75) is 32.4 Å². The highest BCUT2D eigenvalue weighted by Gasteiger charge is 2.14. The molecule has 1 aromatic rings. The first-order valence-electron chi connectivity index (χ1n) is 7.47. The zero-order valence-corrected chi connectivity index (χ0v) is 13.7. The first kappa shape index (κ1) is 18.5. The molecule has 1 amide bonds. The molecule has 0 bridgehead atoms. The van der Waals surface area contributed by atoms with Crippen LogP contribution < -0.4 is 15.4 Å². The van der Waals surface area contributed by atoms with Crippen LogP contribution in [-0.2, 0) is 4.79 Å². The molecule has 1 aromatic carbocycles. The second kappa shape index (κ2) is 9.49. The normalized spacial score (nSPS) is 13.6. The fourth-order valence-corrected chi connectivity index (χ4v) is 1.90. The summed E-state index contributed by atoms with van der Waals surface area (Å²) in [5.41, 5.74) is 0.878. The Morgan fingerprint density at radius 3 is 2.57 bits per heavy atom. The summed E-state index contributed by atoms with van der Waals surface area (Å²) in [7, 11) is 1.59. The van der Waals surface area contributed by atoms with E-state index in [1.54, 1.807) is 7.11 Å². The number of carbonyl (C=O) groups is 1. The lowest BCUT2D eigenvalue weighted by Crippen LogP contribution is -2.31. The average molecular weight is 317 g/mol. The molecule has 0 saturated carbocycles. The predicted octanol–water partition coefficient (Wildman–Crippen LogP) is 1.64. The smallest absolute Gasteiger partial charge is 0.263 e. The molecule has 0 radical (unpaired) electrons. The first-order valence-corrected chi connectivity index (χ1v) is 7.47. The van der Waals surface area contributed by atoms with E-state index < -0.39 is 5.91 Å². The van der Waals surface area contributed by atoms with Crippen LogP contribution in [0, 0.1) is 11.3 Å². The number of carbonyl (C=O) groups excluding carboxylic acids is 1. The van der Waals surface area contributed by atoms with Crippen LogP contribution in [0.25, 0.3) is 0 Å². The van der Waals surface area contributed by atoms with Gasteiger partial charge in [0.25, 0.3) is 5.91 Å².